The monoisotopic (exact) mass is 298 g/mol. The van der Waals surface area contributed by atoms with E-state index in [0.29, 0.717) is 6.42 Å². The maximum atomic E-state index is 11.5. The number of benzene rings is 1. The van der Waals surface area contributed by atoms with Gasteiger partial charge in [-0.2, -0.15) is 10.4 Å². The first-order valence-electron chi connectivity index (χ1n) is 7.71. The lowest BCUT2D eigenvalue weighted by molar-refractivity contribution is -0.122. The van der Waals surface area contributed by atoms with E-state index in [4.69, 9.17) is 5.26 Å². The van der Waals surface area contributed by atoms with E-state index in [-0.39, 0.29) is 11.8 Å². The fourth-order valence-electron chi connectivity index (χ4n) is 2.26. The lowest BCUT2D eigenvalue weighted by Gasteiger charge is -2.22. The van der Waals surface area contributed by atoms with Crippen LogP contribution >= 0.6 is 0 Å². The Hall–Kier alpha value is -2.35. The molecule has 22 heavy (non-hydrogen) atoms. The summed E-state index contributed by atoms with van der Waals surface area (Å²) in [5.41, 5.74) is 5.76. The third-order valence-corrected chi connectivity index (χ3v) is 3.82. The molecule has 1 aliphatic rings. The molecule has 0 atom stereocenters. The predicted octanol–water partition coefficient (Wildman–Crippen LogP) is 2.60. The number of nitrogens with zero attached hydrogens (tertiary/aromatic N) is 3. The van der Waals surface area contributed by atoms with E-state index < -0.39 is 0 Å². The standard InChI is InChI=1S/C17H22N4O/c1-3-21(10-4-9-18)16-8-7-15(13(2)11-16)12-19-20-17(22)14-5-6-14/h7-8,11-12,14H,3-6,10H2,1-2H3,(H,20,22)/b19-12-. The fourth-order valence-corrected chi connectivity index (χ4v) is 2.26. The highest BCUT2D eigenvalue weighted by Crippen LogP contribution is 2.28. The Labute approximate surface area is 131 Å². The number of nitriles is 1. The molecule has 1 aliphatic carbocycles. The summed E-state index contributed by atoms with van der Waals surface area (Å²) in [7, 11) is 0. The van der Waals surface area contributed by atoms with E-state index in [2.05, 4.69) is 34.5 Å². The summed E-state index contributed by atoms with van der Waals surface area (Å²) >= 11 is 0. The van der Waals surface area contributed by atoms with E-state index in [1.54, 1.807) is 6.21 Å². The van der Waals surface area contributed by atoms with Gasteiger partial charge in [-0.1, -0.05) is 6.07 Å². The molecule has 0 spiro atoms. The van der Waals surface area contributed by atoms with Crippen LogP contribution in [-0.4, -0.2) is 25.2 Å². The minimum Gasteiger partial charge on any atom is -0.371 e. The number of carbonyl (C=O) groups is 1. The zero-order chi connectivity index (χ0) is 15.9. The lowest BCUT2D eigenvalue weighted by Crippen LogP contribution is -2.23. The molecule has 0 heterocycles. The highest BCUT2D eigenvalue weighted by atomic mass is 16.2. The zero-order valence-electron chi connectivity index (χ0n) is 13.2. The van der Waals surface area contributed by atoms with Gasteiger partial charge >= 0.3 is 0 Å². The number of hydrogen-bond donors (Lipinski definition) is 1. The molecular weight excluding hydrogens is 276 g/mol. The smallest absolute Gasteiger partial charge is 0.243 e. The zero-order valence-corrected chi connectivity index (χ0v) is 13.2. The molecule has 1 N–H and O–H groups in total. The summed E-state index contributed by atoms with van der Waals surface area (Å²) in [4.78, 5) is 13.7. The van der Waals surface area contributed by atoms with Gasteiger partial charge in [-0.05, 0) is 49.9 Å². The summed E-state index contributed by atoms with van der Waals surface area (Å²) in [5.74, 6) is 0.179. The van der Waals surface area contributed by atoms with Gasteiger partial charge in [0.2, 0.25) is 5.91 Å². The number of hydrogen-bond acceptors (Lipinski definition) is 4. The van der Waals surface area contributed by atoms with Gasteiger partial charge in [0, 0.05) is 24.7 Å². The maximum Gasteiger partial charge on any atom is 0.243 e. The molecule has 1 amide bonds. The second-order valence-corrected chi connectivity index (χ2v) is 5.54. The van der Waals surface area contributed by atoms with Gasteiger partial charge < -0.3 is 4.90 Å². The van der Waals surface area contributed by atoms with Gasteiger partial charge in [-0.3, -0.25) is 4.79 Å². The minimum absolute atomic E-state index is 0.0131. The number of aryl methyl sites for hydroxylation is 1. The third-order valence-electron chi connectivity index (χ3n) is 3.82. The van der Waals surface area contributed by atoms with Crippen LogP contribution in [0.15, 0.2) is 23.3 Å². The number of anilines is 1. The molecule has 0 bridgehead atoms. The van der Waals surface area contributed by atoms with Crippen LogP contribution in [0, 0.1) is 24.2 Å². The summed E-state index contributed by atoms with van der Waals surface area (Å²) < 4.78 is 0. The van der Waals surface area contributed by atoms with Gasteiger partial charge in [-0.15, -0.1) is 0 Å². The fraction of sp³-hybridized carbons (Fsp3) is 0.471. The Bertz CT molecular complexity index is 599. The van der Waals surface area contributed by atoms with Crippen LogP contribution in [-0.2, 0) is 4.79 Å². The second-order valence-electron chi connectivity index (χ2n) is 5.54. The Morgan fingerprint density at radius 1 is 1.55 bits per heavy atom. The first kappa shape index (κ1) is 16.0. The summed E-state index contributed by atoms with van der Waals surface area (Å²) in [5, 5.41) is 12.7. The molecular formula is C17H22N4O. The van der Waals surface area contributed by atoms with Gasteiger partial charge in [0.15, 0.2) is 0 Å². The topological polar surface area (TPSA) is 68.5 Å². The van der Waals surface area contributed by atoms with Crippen molar-refractivity contribution >= 4 is 17.8 Å². The molecule has 0 aliphatic heterocycles. The molecule has 0 radical (unpaired) electrons. The quantitative estimate of drug-likeness (QED) is 0.621. The molecule has 5 nitrogen and oxygen atoms in total. The van der Waals surface area contributed by atoms with E-state index in [0.717, 1.165) is 42.7 Å². The summed E-state index contributed by atoms with van der Waals surface area (Å²) in [6.07, 6.45) is 4.16. The lowest BCUT2D eigenvalue weighted by atomic mass is 10.1. The largest absolute Gasteiger partial charge is 0.371 e. The molecule has 5 heteroatoms. The maximum absolute atomic E-state index is 11.5. The molecule has 0 saturated heterocycles. The predicted molar refractivity (Wildman–Crippen MR) is 87.8 cm³/mol. The average molecular weight is 298 g/mol. The minimum atomic E-state index is 0.0131. The van der Waals surface area contributed by atoms with Gasteiger partial charge in [0.25, 0.3) is 0 Å². The number of nitrogens with one attached hydrogen (secondary N) is 1. The number of hydrazone groups is 1. The Morgan fingerprint density at radius 2 is 2.32 bits per heavy atom. The van der Waals surface area contributed by atoms with Crippen molar-refractivity contribution in [3.05, 3.63) is 29.3 Å². The summed E-state index contributed by atoms with van der Waals surface area (Å²) in [6, 6.07) is 8.28. The highest BCUT2D eigenvalue weighted by molar-refractivity contribution is 5.85. The first-order valence-corrected chi connectivity index (χ1v) is 7.71. The number of rotatable bonds is 7. The molecule has 1 saturated carbocycles. The molecule has 2 rings (SSSR count). The van der Waals surface area contributed by atoms with E-state index in [9.17, 15) is 4.79 Å². The number of carbonyl (C=O) groups excluding carboxylic acids is 1. The van der Waals surface area contributed by atoms with Crippen LogP contribution in [0.5, 0.6) is 0 Å². The normalized spacial score (nSPS) is 13.9. The van der Waals surface area contributed by atoms with Crippen LogP contribution in [0.25, 0.3) is 0 Å². The summed E-state index contributed by atoms with van der Waals surface area (Å²) in [6.45, 7) is 5.70. The number of amides is 1. The van der Waals surface area contributed by atoms with Crippen LogP contribution < -0.4 is 10.3 Å². The highest BCUT2D eigenvalue weighted by Gasteiger charge is 2.29. The van der Waals surface area contributed by atoms with Crippen molar-refractivity contribution < 1.29 is 4.79 Å². The SMILES string of the molecule is CCN(CCC#N)c1ccc(/C=N\NC(=O)C2CC2)c(C)c1. The van der Waals surface area contributed by atoms with Crippen molar-refractivity contribution in [3.63, 3.8) is 0 Å². The molecule has 0 aromatic heterocycles. The van der Waals surface area contributed by atoms with Crippen molar-refractivity contribution in [2.45, 2.75) is 33.1 Å². The van der Waals surface area contributed by atoms with Crippen molar-refractivity contribution in [2.75, 3.05) is 18.0 Å². The second kappa shape index (κ2) is 7.60. The van der Waals surface area contributed by atoms with E-state index in [1.807, 2.05) is 19.1 Å². The van der Waals surface area contributed by atoms with Crippen LogP contribution in [0.2, 0.25) is 0 Å². The molecule has 0 unspecified atom stereocenters. The third kappa shape index (κ3) is 4.32. The van der Waals surface area contributed by atoms with E-state index >= 15 is 0 Å². The van der Waals surface area contributed by atoms with Gasteiger partial charge in [0.1, 0.15) is 0 Å². The van der Waals surface area contributed by atoms with Crippen LogP contribution in [0.4, 0.5) is 5.69 Å². The Morgan fingerprint density at radius 3 is 2.91 bits per heavy atom. The van der Waals surface area contributed by atoms with Crippen molar-refractivity contribution in [2.24, 2.45) is 11.0 Å². The van der Waals surface area contributed by atoms with Crippen LogP contribution in [0.3, 0.4) is 0 Å². The van der Waals surface area contributed by atoms with Crippen molar-refractivity contribution in [1.29, 1.82) is 5.26 Å². The molecule has 1 aromatic rings. The van der Waals surface area contributed by atoms with E-state index in [1.165, 1.54) is 0 Å². The van der Waals surface area contributed by atoms with Crippen LogP contribution in [0.1, 0.15) is 37.3 Å². The van der Waals surface area contributed by atoms with Crippen molar-refractivity contribution in [3.8, 4) is 6.07 Å². The van der Waals surface area contributed by atoms with Gasteiger partial charge in [0.05, 0.1) is 18.7 Å². The van der Waals surface area contributed by atoms with Crippen molar-refractivity contribution in [1.82, 2.24) is 5.43 Å². The molecule has 116 valence electrons. The molecule has 1 fully saturated rings. The van der Waals surface area contributed by atoms with Gasteiger partial charge in [-0.25, -0.2) is 5.43 Å². The average Bonchev–Trinajstić information content (AvgIpc) is 3.34. The Kier molecular flexibility index (Phi) is 5.54. The molecule has 1 aromatic carbocycles. The Balaban J connectivity index is 2.00. The first-order chi connectivity index (χ1) is 10.7.